The van der Waals surface area contributed by atoms with E-state index in [1.165, 1.54) is 0 Å². The highest BCUT2D eigenvalue weighted by atomic mass is 16.5. The molecule has 0 saturated heterocycles. The zero-order valence-electron chi connectivity index (χ0n) is 11.2. The van der Waals surface area contributed by atoms with E-state index in [2.05, 4.69) is 5.32 Å². The second-order valence-corrected chi connectivity index (χ2v) is 4.85. The van der Waals surface area contributed by atoms with E-state index in [0.717, 1.165) is 11.3 Å². The number of carbonyl (C=O) groups excluding carboxylic acids is 2. The third-order valence-corrected chi connectivity index (χ3v) is 3.38. The molecule has 5 heteroatoms. The predicted octanol–water partition coefficient (Wildman–Crippen LogP) is 1.73. The Hall–Kier alpha value is -2.82. The maximum absolute atomic E-state index is 12.2. The molecule has 2 aromatic carbocycles. The lowest BCUT2D eigenvalue weighted by molar-refractivity contribution is -0.122. The van der Waals surface area contributed by atoms with E-state index < -0.39 is 12.0 Å². The van der Waals surface area contributed by atoms with Crippen LogP contribution in [-0.4, -0.2) is 17.9 Å². The lowest BCUT2D eigenvalue weighted by atomic mass is 10.1. The summed E-state index contributed by atoms with van der Waals surface area (Å²) in [6, 6.07) is 14.0. The van der Waals surface area contributed by atoms with E-state index in [0.29, 0.717) is 17.7 Å². The van der Waals surface area contributed by atoms with Gasteiger partial charge in [0, 0.05) is 17.7 Å². The van der Waals surface area contributed by atoms with Crippen LogP contribution in [0.1, 0.15) is 15.9 Å². The van der Waals surface area contributed by atoms with Gasteiger partial charge >= 0.3 is 0 Å². The van der Waals surface area contributed by atoms with Gasteiger partial charge in [-0.15, -0.1) is 0 Å². The van der Waals surface area contributed by atoms with E-state index in [9.17, 15) is 9.59 Å². The van der Waals surface area contributed by atoms with Gasteiger partial charge in [-0.3, -0.25) is 9.59 Å². The average Bonchev–Trinajstić information content (AvgIpc) is 2.92. The minimum atomic E-state index is -0.529. The summed E-state index contributed by atoms with van der Waals surface area (Å²) in [5.74, 6) is 0.0437. The Kier molecular flexibility index (Phi) is 3.31. The van der Waals surface area contributed by atoms with Crippen LogP contribution in [-0.2, 0) is 11.2 Å². The second-order valence-electron chi connectivity index (χ2n) is 4.85. The molecular weight excluding hydrogens is 268 g/mol. The molecule has 0 radical (unpaired) electrons. The minimum absolute atomic E-state index is 0.210. The third kappa shape index (κ3) is 2.72. The third-order valence-electron chi connectivity index (χ3n) is 3.38. The van der Waals surface area contributed by atoms with Crippen molar-refractivity contribution in [2.45, 2.75) is 12.5 Å². The standard InChI is InChI=1S/C16H14N2O3/c17-15(19)10-5-7-12(8-6-10)18-16(20)14-9-11-3-1-2-4-13(11)21-14/h1-8,14H,9H2,(H2,17,19)(H,18,20)/t14-/m0/s1. The van der Waals surface area contributed by atoms with Crippen molar-refractivity contribution < 1.29 is 14.3 Å². The first-order valence-electron chi connectivity index (χ1n) is 6.59. The van der Waals surface area contributed by atoms with Crippen molar-refractivity contribution in [2.24, 2.45) is 5.73 Å². The number of anilines is 1. The molecule has 0 saturated carbocycles. The van der Waals surface area contributed by atoms with Crippen molar-refractivity contribution in [3.63, 3.8) is 0 Å². The van der Waals surface area contributed by atoms with Gasteiger partial charge in [0.25, 0.3) is 5.91 Å². The van der Waals surface area contributed by atoms with Crippen LogP contribution in [0.15, 0.2) is 48.5 Å². The molecule has 0 aliphatic carbocycles. The maximum Gasteiger partial charge on any atom is 0.265 e. The van der Waals surface area contributed by atoms with Gasteiger partial charge < -0.3 is 15.8 Å². The number of rotatable bonds is 3. The molecule has 0 aromatic heterocycles. The average molecular weight is 282 g/mol. The van der Waals surface area contributed by atoms with E-state index in [-0.39, 0.29) is 5.91 Å². The number of para-hydroxylation sites is 1. The largest absolute Gasteiger partial charge is 0.480 e. The number of benzene rings is 2. The highest BCUT2D eigenvalue weighted by Gasteiger charge is 2.28. The molecule has 0 spiro atoms. The van der Waals surface area contributed by atoms with Crippen LogP contribution in [0.3, 0.4) is 0 Å². The molecule has 1 aliphatic heterocycles. The van der Waals surface area contributed by atoms with Crippen LogP contribution in [0.25, 0.3) is 0 Å². The fourth-order valence-corrected chi connectivity index (χ4v) is 2.27. The van der Waals surface area contributed by atoms with Crippen LogP contribution in [0, 0.1) is 0 Å². The summed E-state index contributed by atoms with van der Waals surface area (Å²) in [5, 5.41) is 2.77. The first kappa shape index (κ1) is 13.2. The first-order chi connectivity index (χ1) is 10.1. The van der Waals surface area contributed by atoms with Crippen molar-refractivity contribution in [1.82, 2.24) is 0 Å². The van der Waals surface area contributed by atoms with Gasteiger partial charge in [-0.1, -0.05) is 18.2 Å². The molecule has 106 valence electrons. The van der Waals surface area contributed by atoms with Crippen LogP contribution >= 0.6 is 0 Å². The van der Waals surface area contributed by atoms with E-state index in [4.69, 9.17) is 10.5 Å². The summed E-state index contributed by atoms with van der Waals surface area (Å²) < 4.78 is 5.62. The number of carbonyl (C=O) groups is 2. The summed E-state index contributed by atoms with van der Waals surface area (Å²) in [5.41, 5.74) is 7.20. The molecular formula is C16H14N2O3. The lowest BCUT2D eigenvalue weighted by Crippen LogP contribution is -2.31. The molecule has 1 atom stereocenters. The van der Waals surface area contributed by atoms with E-state index in [1.54, 1.807) is 24.3 Å². The van der Waals surface area contributed by atoms with Gasteiger partial charge in [-0.05, 0) is 35.9 Å². The molecule has 2 amide bonds. The van der Waals surface area contributed by atoms with Gasteiger partial charge in [-0.2, -0.15) is 0 Å². The number of hydrogen-bond acceptors (Lipinski definition) is 3. The highest BCUT2D eigenvalue weighted by Crippen LogP contribution is 2.28. The van der Waals surface area contributed by atoms with Crippen LogP contribution < -0.4 is 15.8 Å². The number of hydrogen-bond donors (Lipinski definition) is 2. The van der Waals surface area contributed by atoms with Gasteiger partial charge in [-0.25, -0.2) is 0 Å². The van der Waals surface area contributed by atoms with E-state index >= 15 is 0 Å². The van der Waals surface area contributed by atoms with Gasteiger partial charge in [0.2, 0.25) is 5.91 Å². The Morgan fingerprint density at radius 1 is 1.10 bits per heavy atom. The van der Waals surface area contributed by atoms with E-state index in [1.807, 2.05) is 24.3 Å². The second kappa shape index (κ2) is 5.28. The SMILES string of the molecule is NC(=O)c1ccc(NC(=O)[C@@H]2Cc3ccccc3O2)cc1. The van der Waals surface area contributed by atoms with Crippen LogP contribution in [0.2, 0.25) is 0 Å². The minimum Gasteiger partial charge on any atom is -0.480 e. The molecule has 2 aromatic rings. The fraction of sp³-hybridized carbons (Fsp3) is 0.125. The topological polar surface area (TPSA) is 81.4 Å². The number of nitrogens with one attached hydrogen (secondary N) is 1. The van der Waals surface area contributed by atoms with Crippen molar-refractivity contribution in [3.8, 4) is 5.75 Å². The molecule has 0 fully saturated rings. The van der Waals surface area contributed by atoms with Crippen LogP contribution in [0.4, 0.5) is 5.69 Å². The Labute approximate surface area is 121 Å². The summed E-state index contributed by atoms with van der Waals surface area (Å²) in [6.07, 6.45) is 0.0275. The molecule has 1 aliphatic rings. The van der Waals surface area contributed by atoms with Crippen molar-refractivity contribution in [3.05, 3.63) is 59.7 Å². The molecule has 21 heavy (non-hydrogen) atoms. The molecule has 5 nitrogen and oxygen atoms in total. The van der Waals surface area contributed by atoms with Gasteiger partial charge in [0.05, 0.1) is 0 Å². The van der Waals surface area contributed by atoms with Crippen molar-refractivity contribution in [1.29, 1.82) is 0 Å². The summed E-state index contributed by atoms with van der Waals surface area (Å²) in [7, 11) is 0. The molecule has 1 heterocycles. The van der Waals surface area contributed by atoms with Crippen LogP contribution in [0.5, 0.6) is 5.75 Å². The Morgan fingerprint density at radius 3 is 2.48 bits per heavy atom. The smallest absolute Gasteiger partial charge is 0.265 e. The maximum atomic E-state index is 12.2. The normalized spacial score (nSPS) is 15.9. The van der Waals surface area contributed by atoms with Crippen molar-refractivity contribution in [2.75, 3.05) is 5.32 Å². The Bertz CT molecular complexity index is 670. The monoisotopic (exact) mass is 282 g/mol. The zero-order valence-corrected chi connectivity index (χ0v) is 11.2. The molecule has 0 bridgehead atoms. The quantitative estimate of drug-likeness (QED) is 0.899. The zero-order chi connectivity index (χ0) is 14.8. The Morgan fingerprint density at radius 2 is 1.81 bits per heavy atom. The summed E-state index contributed by atoms with van der Waals surface area (Å²) in [4.78, 5) is 23.2. The van der Waals surface area contributed by atoms with Gasteiger partial charge in [0.15, 0.2) is 6.10 Å². The van der Waals surface area contributed by atoms with Gasteiger partial charge in [0.1, 0.15) is 5.75 Å². The van der Waals surface area contributed by atoms with Crippen molar-refractivity contribution >= 4 is 17.5 Å². The number of nitrogens with two attached hydrogens (primary N) is 1. The fourth-order valence-electron chi connectivity index (χ4n) is 2.27. The summed E-state index contributed by atoms with van der Waals surface area (Å²) >= 11 is 0. The summed E-state index contributed by atoms with van der Waals surface area (Å²) in [6.45, 7) is 0. The molecule has 0 unspecified atom stereocenters. The predicted molar refractivity (Wildman–Crippen MR) is 78.2 cm³/mol. The number of amides is 2. The molecule has 3 rings (SSSR count). The number of fused-ring (bicyclic) bond motifs is 1. The molecule has 3 N–H and O–H groups in total. The highest BCUT2D eigenvalue weighted by molar-refractivity contribution is 5.96. The first-order valence-corrected chi connectivity index (χ1v) is 6.59. The number of primary amides is 1. The Balaban J connectivity index is 1.66. The number of ether oxygens (including phenoxy) is 1. The lowest BCUT2D eigenvalue weighted by Gasteiger charge is -2.11.